The summed E-state index contributed by atoms with van der Waals surface area (Å²) in [6, 6.07) is 24.0. The van der Waals surface area contributed by atoms with E-state index in [-0.39, 0.29) is 5.78 Å². The Labute approximate surface area is 191 Å². The minimum atomic E-state index is -3.16. The van der Waals surface area contributed by atoms with Crippen LogP contribution in [0, 0.1) is 0 Å². The normalized spacial score (nSPS) is 20.3. The molecule has 3 aromatic carbocycles. The lowest BCUT2D eigenvalue weighted by Crippen LogP contribution is -2.50. The Morgan fingerprint density at radius 1 is 0.906 bits per heavy atom. The number of anilines is 2. The van der Waals surface area contributed by atoms with Crippen LogP contribution in [0.5, 0.6) is 0 Å². The third-order valence-corrected chi connectivity index (χ3v) is 6.08. The van der Waals surface area contributed by atoms with Crippen LogP contribution in [0.1, 0.15) is 12.0 Å². The SMILES string of the molecule is O=C1C=C[C@@H](Nc2ccccc2Cl)[C@@]1(CC(F)(F)CNc1ccccc1)c1ccccc1. The zero-order chi connectivity index (χ0) is 22.6. The van der Waals surface area contributed by atoms with E-state index in [0.717, 1.165) is 0 Å². The molecule has 0 saturated heterocycles. The first-order chi connectivity index (χ1) is 15.4. The summed E-state index contributed by atoms with van der Waals surface area (Å²) in [6.07, 6.45) is 2.39. The topological polar surface area (TPSA) is 41.1 Å². The summed E-state index contributed by atoms with van der Waals surface area (Å²) >= 11 is 6.30. The van der Waals surface area contributed by atoms with Crippen molar-refractivity contribution in [1.82, 2.24) is 0 Å². The Morgan fingerprint density at radius 3 is 2.22 bits per heavy atom. The minimum Gasteiger partial charge on any atom is -0.379 e. The summed E-state index contributed by atoms with van der Waals surface area (Å²) in [7, 11) is 0. The Balaban J connectivity index is 1.67. The van der Waals surface area contributed by atoms with Gasteiger partial charge in [-0.3, -0.25) is 4.79 Å². The number of hydrogen-bond donors (Lipinski definition) is 2. The van der Waals surface area contributed by atoms with Crippen LogP contribution >= 0.6 is 11.6 Å². The molecule has 4 rings (SSSR count). The zero-order valence-corrected chi connectivity index (χ0v) is 18.0. The van der Waals surface area contributed by atoms with Gasteiger partial charge in [-0.25, -0.2) is 8.78 Å². The van der Waals surface area contributed by atoms with Crippen LogP contribution in [0.25, 0.3) is 0 Å². The van der Waals surface area contributed by atoms with Crippen molar-refractivity contribution in [2.24, 2.45) is 0 Å². The highest BCUT2D eigenvalue weighted by molar-refractivity contribution is 6.33. The Hall–Kier alpha value is -3.18. The second-order valence-corrected chi connectivity index (χ2v) is 8.32. The van der Waals surface area contributed by atoms with Gasteiger partial charge < -0.3 is 10.6 Å². The molecule has 0 unspecified atom stereocenters. The van der Waals surface area contributed by atoms with Crippen LogP contribution in [0.2, 0.25) is 5.02 Å². The predicted molar refractivity (Wildman–Crippen MR) is 126 cm³/mol. The molecule has 6 heteroatoms. The van der Waals surface area contributed by atoms with E-state index >= 15 is 8.78 Å². The average Bonchev–Trinajstić information content (AvgIpc) is 3.11. The molecule has 164 valence electrons. The molecule has 3 nitrogen and oxygen atoms in total. The van der Waals surface area contributed by atoms with Crippen LogP contribution in [0.15, 0.2) is 97.1 Å². The molecule has 2 N–H and O–H groups in total. The number of para-hydroxylation sites is 2. The molecule has 32 heavy (non-hydrogen) atoms. The minimum absolute atomic E-state index is 0.354. The quantitative estimate of drug-likeness (QED) is 0.419. The molecule has 0 heterocycles. The predicted octanol–water partition coefficient (Wildman–Crippen LogP) is 6.33. The molecule has 0 fully saturated rings. The van der Waals surface area contributed by atoms with Gasteiger partial charge in [0, 0.05) is 12.1 Å². The maximum absolute atomic E-state index is 15.4. The summed E-state index contributed by atoms with van der Waals surface area (Å²) in [5.74, 6) is -3.51. The van der Waals surface area contributed by atoms with Gasteiger partial charge in [0.05, 0.1) is 28.7 Å². The van der Waals surface area contributed by atoms with E-state index < -0.39 is 30.3 Å². The van der Waals surface area contributed by atoms with Gasteiger partial charge in [0.25, 0.3) is 5.92 Å². The highest BCUT2D eigenvalue weighted by Crippen LogP contribution is 2.44. The summed E-state index contributed by atoms with van der Waals surface area (Å²) in [5, 5.41) is 6.48. The summed E-state index contributed by atoms with van der Waals surface area (Å²) in [5.41, 5.74) is 0.258. The number of ketones is 1. The van der Waals surface area contributed by atoms with Gasteiger partial charge in [0.15, 0.2) is 5.78 Å². The van der Waals surface area contributed by atoms with Crippen molar-refractivity contribution in [2.75, 3.05) is 17.2 Å². The largest absolute Gasteiger partial charge is 0.379 e. The smallest absolute Gasteiger partial charge is 0.266 e. The van der Waals surface area contributed by atoms with Crippen molar-refractivity contribution in [3.63, 3.8) is 0 Å². The van der Waals surface area contributed by atoms with E-state index in [9.17, 15) is 4.79 Å². The van der Waals surface area contributed by atoms with E-state index in [4.69, 9.17) is 11.6 Å². The average molecular weight is 453 g/mol. The number of nitrogens with one attached hydrogen (secondary N) is 2. The molecule has 0 amide bonds. The number of alkyl halides is 2. The van der Waals surface area contributed by atoms with Gasteiger partial charge in [-0.1, -0.05) is 78.3 Å². The highest BCUT2D eigenvalue weighted by atomic mass is 35.5. The van der Waals surface area contributed by atoms with E-state index in [1.807, 2.05) is 6.07 Å². The van der Waals surface area contributed by atoms with Crippen LogP contribution < -0.4 is 10.6 Å². The Bertz CT molecular complexity index is 1110. The van der Waals surface area contributed by atoms with Gasteiger partial charge in [0.2, 0.25) is 0 Å². The van der Waals surface area contributed by atoms with Crippen molar-refractivity contribution in [1.29, 1.82) is 0 Å². The third kappa shape index (κ3) is 4.53. The molecule has 0 spiro atoms. The first kappa shape index (κ1) is 22.0. The highest BCUT2D eigenvalue weighted by Gasteiger charge is 2.54. The van der Waals surface area contributed by atoms with Crippen molar-refractivity contribution in [3.05, 3.63) is 108 Å². The Morgan fingerprint density at radius 2 is 1.53 bits per heavy atom. The van der Waals surface area contributed by atoms with Crippen molar-refractivity contribution in [2.45, 2.75) is 23.8 Å². The van der Waals surface area contributed by atoms with Crippen LogP contribution in [0.4, 0.5) is 20.2 Å². The lowest BCUT2D eigenvalue weighted by atomic mass is 9.70. The molecular weight excluding hydrogens is 430 g/mol. The van der Waals surface area contributed by atoms with E-state index in [2.05, 4.69) is 10.6 Å². The number of benzene rings is 3. The van der Waals surface area contributed by atoms with Crippen molar-refractivity contribution < 1.29 is 13.6 Å². The van der Waals surface area contributed by atoms with E-state index in [0.29, 0.717) is 22.0 Å². The maximum Gasteiger partial charge on any atom is 0.266 e. The van der Waals surface area contributed by atoms with E-state index in [1.165, 1.54) is 6.08 Å². The van der Waals surface area contributed by atoms with Gasteiger partial charge >= 0.3 is 0 Å². The number of rotatable bonds is 8. The van der Waals surface area contributed by atoms with Crippen molar-refractivity contribution >= 4 is 28.8 Å². The molecule has 1 aliphatic rings. The van der Waals surface area contributed by atoms with Gasteiger partial charge in [-0.15, -0.1) is 0 Å². The number of carbonyl (C=O) groups excluding carboxylic acids is 1. The fraction of sp³-hybridized carbons (Fsp3) is 0.192. The monoisotopic (exact) mass is 452 g/mol. The fourth-order valence-corrected chi connectivity index (χ4v) is 4.37. The lowest BCUT2D eigenvalue weighted by molar-refractivity contribution is -0.123. The Kier molecular flexibility index (Phi) is 6.28. The zero-order valence-electron chi connectivity index (χ0n) is 17.3. The number of halogens is 3. The second-order valence-electron chi connectivity index (χ2n) is 7.91. The van der Waals surface area contributed by atoms with Gasteiger partial charge in [0.1, 0.15) is 0 Å². The molecule has 0 saturated carbocycles. The summed E-state index contributed by atoms with van der Waals surface area (Å²) in [4.78, 5) is 13.2. The molecule has 0 bridgehead atoms. The number of carbonyl (C=O) groups is 1. The molecular formula is C26H23ClF2N2O. The number of allylic oxidation sites excluding steroid dienone is 1. The molecule has 0 aliphatic heterocycles. The van der Waals surface area contributed by atoms with Crippen molar-refractivity contribution in [3.8, 4) is 0 Å². The van der Waals surface area contributed by atoms with Gasteiger partial charge in [-0.2, -0.15) is 0 Å². The number of hydrogen-bond acceptors (Lipinski definition) is 3. The van der Waals surface area contributed by atoms with Crippen LogP contribution in [-0.2, 0) is 10.2 Å². The first-order valence-corrected chi connectivity index (χ1v) is 10.7. The third-order valence-electron chi connectivity index (χ3n) is 5.75. The fourth-order valence-electron chi connectivity index (χ4n) is 4.18. The molecule has 2 atom stereocenters. The van der Waals surface area contributed by atoms with Crippen LogP contribution in [0.3, 0.4) is 0 Å². The van der Waals surface area contributed by atoms with Gasteiger partial charge in [-0.05, 0) is 35.9 Å². The molecule has 0 radical (unpaired) electrons. The molecule has 3 aromatic rings. The summed E-state index contributed by atoms with van der Waals surface area (Å²) in [6.45, 7) is -0.586. The lowest BCUT2D eigenvalue weighted by Gasteiger charge is -2.38. The van der Waals surface area contributed by atoms with E-state index in [1.54, 1.807) is 84.9 Å². The molecule has 0 aromatic heterocycles. The second kappa shape index (κ2) is 9.13. The first-order valence-electron chi connectivity index (χ1n) is 10.4. The summed E-state index contributed by atoms with van der Waals surface area (Å²) < 4.78 is 30.7. The maximum atomic E-state index is 15.4. The standard InChI is InChI=1S/C26H23ClF2N2O/c27-21-13-7-8-14-22(21)31-23-15-16-24(32)26(23,19-9-3-1-4-10-19)17-25(28,29)18-30-20-11-5-2-6-12-20/h1-16,23,30-31H,17-18H2/t23-,26-/m1/s1. The molecule has 1 aliphatic carbocycles. The van der Waals surface area contributed by atoms with Crippen LogP contribution in [-0.4, -0.2) is 24.3 Å².